The fourth-order valence-corrected chi connectivity index (χ4v) is 1.95. The van der Waals surface area contributed by atoms with Crippen molar-refractivity contribution in [3.63, 3.8) is 0 Å². The number of ether oxygens (including phenoxy) is 2. The van der Waals surface area contributed by atoms with Gasteiger partial charge in [0.25, 0.3) is 0 Å². The van der Waals surface area contributed by atoms with Crippen LogP contribution in [0.4, 0.5) is 0 Å². The van der Waals surface area contributed by atoms with Crippen LogP contribution >= 0.6 is 0 Å². The monoisotopic (exact) mass is 247 g/mol. The number of methoxy groups -OCH3 is 2. The second-order valence-electron chi connectivity index (χ2n) is 4.00. The molecule has 0 saturated carbocycles. The predicted octanol–water partition coefficient (Wildman–Crippen LogP) is 1.49. The highest BCUT2D eigenvalue weighted by Crippen LogP contribution is 2.35. The SMILES string of the molecule is COc1cccc(OC)c1C(N)c1cnn(C)c1. The third-order valence-electron chi connectivity index (χ3n) is 2.86. The van der Waals surface area contributed by atoms with E-state index in [9.17, 15) is 0 Å². The molecule has 2 N–H and O–H groups in total. The van der Waals surface area contributed by atoms with E-state index in [1.807, 2.05) is 31.4 Å². The zero-order chi connectivity index (χ0) is 13.1. The van der Waals surface area contributed by atoms with Gasteiger partial charge in [-0.15, -0.1) is 0 Å². The second-order valence-corrected chi connectivity index (χ2v) is 4.00. The standard InChI is InChI=1S/C13H17N3O2/c1-16-8-9(7-15-16)13(14)12-10(17-2)5-4-6-11(12)18-3/h4-8,13H,14H2,1-3H3. The van der Waals surface area contributed by atoms with E-state index in [-0.39, 0.29) is 6.04 Å². The van der Waals surface area contributed by atoms with Crippen LogP contribution in [-0.4, -0.2) is 24.0 Å². The molecule has 2 rings (SSSR count). The number of hydrogen-bond acceptors (Lipinski definition) is 4. The first-order valence-corrected chi connectivity index (χ1v) is 5.62. The molecule has 0 bridgehead atoms. The van der Waals surface area contributed by atoms with Crippen LogP contribution in [0.25, 0.3) is 0 Å². The summed E-state index contributed by atoms with van der Waals surface area (Å²) in [6, 6.07) is 5.28. The lowest BCUT2D eigenvalue weighted by atomic mass is 10.0. The number of aryl methyl sites for hydroxylation is 1. The van der Waals surface area contributed by atoms with E-state index in [0.29, 0.717) is 11.5 Å². The summed E-state index contributed by atoms with van der Waals surface area (Å²) in [7, 11) is 5.10. The number of rotatable bonds is 4. The Balaban J connectivity index is 2.48. The van der Waals surface area contributed by atoms with E-state index in [4.69, 9.17) is 15.2 Å². The largest absolute Gasteiger partial charge is 0.496 e. The summed E-state index contributed by atoms with van der Waals surface area (Å²) < 4.78 is 12.4. The van der Waals surface area contributed by atoms with Crippen molar-refractivity contribution in [2.24, 2.45) is 12.8 Å². The van der Waals surface area contributed by atoms with E-state index < -0.39 is 0 Å². The molecule has 0 aliphatic carbocycles. The Labute approximate surface area is 106 Å². The highest BCUT2D eigenvalue weighted by atomic mass is 16.5. The molecule has 0 amide bonds. The molecule has 0 aliphatic rings. The van der Waals surface area contributed by atoms with Crippen LogP contribution in [0, 0.1) is 0 Å². The van der Waals surface area contributed by atoms with Crippen LogP contribution in [0.1, 0.15) is 17.2 Å². The van der Waals surface area contributed by atoms with Gasteiger partial charge in [0.05, 0.1) is 32.0 Å². The van der Waals surface area contributed by atoms with Crippen molar-refractivity contribution in [2.45, 2.75) is 6.04 Å². The van der Waals surface area contributed by atoms with Crippen LogP contribution in [0.2, 0.25) is 0 Å². The molecule has 5 heteroatoms. The van der Waals surface area contributed by atoms with Crippen molar-refractivity contribution in [2.75, 3.05) is 14.2 Å². The van der Waals surface area contributed by atoms with Gasteiger partial charge in [0, 0.05) is 18.8 Å². The molecule has 1 aromatic carbocycles. The Hall–Kier alpha value is -2.01. The molecule has 0 fully saturated rings. The zero-order valence-corrected chi connectivity index (χ0v) is 10.8. The summed E-state index contributed by atoms with van der Waals surface area (Å²) in [4.78, 5) is 0. The molecule has 0 spiro atoms. The highest BCUT2D eigenvalue weighted by molar-refractivity contribution is 5.49. The molecule has 0 aliphatic heterocycles. The van der Waals surface area contributed by atoms with Gasteiger partial charge in [-0.25, -0.2) is 0 Å². The Kier molecular flexibility index (Phi) is 3.53. The molecule has 1 aromatic heterocycles. The number of nitrogens with zero attached hydrogens (tertiary/aromatic N) is 2. The van der Waals surface area contributed by atoms with Crippen molar-refractivity contribution in [1.82, 2.24) is 9.78 Å². The molecular formula is C13H17N3O2. The minimum Gasteiger partial charge on any atom is -0.496 e. The molecule has 2 aromatic rings. The van der Waals surface area contributed by atoms with Gasteiger partial charge in [0.1, 0.15) is 11.5 Å². The molecule has 1 atom stereocenters. The Morgan fingerprint density at radius 1 is 1.22 bits per heavy atom. The quantitative estimate of drug-likeness (QED) is 0.889. The molecule has 18 heavy (non-hydrogen) atoms. The van der Waals surface area contributed by atoms with Gasteiger partial charge in [-0.05, 0) is 12.1 Å². The van der Waals surface area contributed by atoms with Gasteiger partial charge in [0.15, 0.2) is 0 Å². The van der Waals surface area contributed by atoms with Gasteiger partial charge < -0.3 is 15.2 Å². The molecule has 0 saturated heterocycles. The summed E-state index contributed by atoms with van der Waals surface area (Å²) in [6.07, 6.45) is 3.63. The van der Waals surface area contributed by atoms with E-state index in [1.54, 1.807) is 25.1 Å². The van der Waals surface area contributed by atoms with E-state index in [2.05, 4.69) is 5.10 Å². The average molecular weight is 247 g/mol. The molecule has 96 valence electrons. The van der Waals surface area contributed by atoms with Crippen molar-refractivity contribution in [3.8, 4) is 11.5 Å². The fourth-order valence-electron chi connectivity index (χ4n) is 1.95. The topological polar surface area (TPSA) is 62.3 Å². The first-order valence-electron chi connectivity index (χ1n) is 5.62. The maximum Gasteiger partial charge on any atom is 0.127 e. The molecule has 1 unspecified atom stereocenters. The number of benzene rings is 1. The third kappa shape index (κ3) is 2.17. The molecular weight excluding hydrogens is 230 g/mol. The normalized spacial score (nSPS) is 12.2. The number of hydrogen-bond donors (Lipinski definition) is 1. The maximum atomic E-state index is 6.27. The van der Waals surface area contributed by atoms with Crippen LogP contribution in [0.3, 0.4) is 0 Å². The second kappa shape index (κ2) is 5.10. The lowest BCUT2D eigenvalue weighted by Gasteiger charge is -2.17. The van der Waals surface area contributed by atoms with Gasteiger partial charge in [0.2, 0.25) is 0 Å². The minimum atomic E-state index is -0.329. The van der Waals surface area contributed by atoms with Gasteiger partial charge in [-0.3, -0.25) is 4.68 Å². The average Bonchev–Trinajstić information content (AvgIpc) is 2.83. The summed E-state index contributed by atoms with van der Waals surface area (Å²) >= 11 is 0. The van der Waals surface area contributed by atoms with Crippen molar-refractivity contribution in [1.29, 1.82) is 0 Å². The minimum absolute atomic E-state index is 0.329. The van der Waals surface area contributed by atoms with Crippen molar-refractivity contribution >= 4 is 0 Å². The van der Waals surface area contributed by atoms with Crippen molar-refractivity contribution in [3.05, 3.63) is 41.7 Å². The van der Waals surface area contributed by atoms with Gasteiger partial charge >= 0.3 is 0 Å². The summed E-state index contributed by atoms with van der Waals surface area (Å²) in [5, 5.41) is 4.13. The molecule has 1 heterocycles. The first kappa shape index (κ1) is 12.4. The highest BCUT2D eigenvalue weighted by Gasteiger charge is 2.20. The Bertz CT molecular complexity index is 515. The zero-order valence-electron chi connectivity index (χ0n) is 10.8. The van der Waals surface area contributed by atoms with Crippen LogP contribution in [-0.2, 0) is 7.05 Å². The fraction of sp³-hybridized carbons (Fsp3) is 0.308. The number of nitrogens with two attached hydrogens (primary N) is 1. The van der Waals surface area contributed by atoms with Crippen LogP contribution in [0.15, 0.2) is 30.6 Å². The summed E-state index contributed by atoms with van der Waals surface area (Å²) in [5.74, 6) is 1.43. The van der Waals surface area contributed by atoms with E-state index in [0.717, 1.165) is 11.1 Å². The molecule has 0 radical (unpaired) electrons. The Morgan fingerprint density at radius 3 is 2.28 bits per heavy atom. The summed E-state index contributed by atoms with van der Waals surface area (Å²) in [5.41, 5.74) is 8.02. The summed E-state index contributed by atoms with van der Waals surface area (Å²) in [6.45, 7) is 0. The van der Waals surface area contributed by atoms with Crippen LogP contribution in [0.5, 0.6) is 11.5 Å². The third-order valence-corrected chi connectivity index (χ3v) is 2.86. The van der Waals surface area contributed by atoms with E-state index >= 15 is 0 Å². The Morgan fingerprint density at radius 2 is 1.83 bits per heavy atom. The lowest BCUT2D eigenvalue weighted by Crippen LogP contribution is -2.13. The maximum absolute atomic E-state index is 6.27. The van der Waals surface area contributed by atoms with Gasteiger partial charge in [-0.2, -0.15) is 5.10 Å². The molecule has 5 nitrogen and oxygen atoms in total. The first-order chi connectivity index (χ1) is 8.67. The smallest absolute Gasteiger partial charge is 0.127 e. The predicted molar refractivity (Wildman–Crippen MR) is 68.8 cm³/mol. The lowest BCUT2D eigenvalue weighted by molar-refractivity contribution is 0.382. The van der Waals surface area contributed by atoms with Crippen LogP contribution < -0.4 is 15.2 Å². The number of aromatic nitrogens is 2. The van der Waals surface area contributed by atoms with Gasteiger partial charge in [-0.1, -0.05) is 6.07 Å². The van der Waals surface area contributed by atoms with E-state index in [1.165, 1.54) is 0 Å². The van der Waals surface area contributed by atoms with Crippen molar-refractivity contribution < 1.29 is 9.47 Å².